The van der Waals surface area contributed by atoms with Gasteiger partial charge in [0.15, 0.2) is 0 Å². The van der Waals surface area contributed by atoms with Crippen LogP contribution in [0.1, 0.15) is 31.2 Å². The molecule has 0 amide bonds. The number of rotatable bonds is 4. The molecule has 1 saturated carbocycles. The van der Waals surface area contributed by atoms with E-state index in [9.17, 15) is 0 Å². The summed E-state index contributed by atoms with van der Waals surface area (Å²) in [4.78, 5) is 6.86. The van der Waals surface area contributed by atoms with E-state index in [1.165, 1.54) is 31.2 Å². The highest BCUT2D eigenvalue weighted by molar-refractivity contribution is 5.39. The van der Waals surface area contributed by atoms with Gasteiger partial charge in [-0.1, -0.05) is 18.9 Å². The van der Waals surface area contributed by atoms with Gasteiger partial charge < -0.3 is 10.2 Å². The van der Waals surface area contributed by atoms with Gasteiger partial charge in [-0.25, -0.2) is 4.98 Å². The molecule has 1 heterocycles. The minimum atomic E-state index is 0.697. The first-order valence-electron chi connectivity index (χ1n) is 6.13. The van der Waals surface area contributed by atoms with E-state index in [-0.39, 0.29) is 0 Å². The van der Waals surface area contributed by atoms with Crippen LogP contribution < -0.4 is 10.2 Å². The number of hydrogen-bond donors (Lipinski definition) is 1. The largest absolute Gasteiger partial charge is 0.357 e. The van der Waals surface area contributed by atoms with Crippen molar-refractivity contribution in [1.82, 2.24) is 10.3 Å². The Bertz CT molecular complexity index is 314. The molecule has 1 aliphatic carbocycles. The second-order valence-corrected chi connectivity index (χ2v) is 4.60. The van der Waals surface area contributed by atoms with Gasteiger partial charge in [0.2, 0.25) is 0 Å². The first-order valence-corrected chi connectivity index (χ1v) is 6.13. The van der Waals surface area contributed by atoms with E-state index in [1.54, 1.807) is 0 Å². The number of nitrogens with one attached hydrogen (secondary N) is 1. The van der Waals surface area contributed by atoms with Gasteiger partial charge in [0.05, 0.1) is 0 Å². The summed E-state index contributed by atoms with van der Waals surface area (Å²) in [5.41, 5.74) is 1.24. The predicted octanol–water partition coefficient (Wildman–Crippen LogP) is 2.18. The third kappa shape index (κ3) is 2.53. The lowest BCUT2D eigenvalue weighted by atomic mass is 10.2. The Labute approximate surface area is 97.9 Å². The number of pyridine rings is 1. The van der Waals surface area contributed by atoms with Gasteiger partial charge in [0.25, 0.3) is 0 Å². The second kappa shape index (κ2) is 5.30. The van der Waals surface area contributed by atoms with Crippen molar-refractivity contribution in [2.24, 2.45) is 0 Å². The van der Waals surface area contributed by atoms with Gasteiger partial charge in [0.1, 0.15) is 5.82 Å². The molecule has 88 valence electrons. The summed E-state index contributed by atoms with van der Waals surface area (Å²) in [5.74, 6) is 1.10. The van der Waals surface area contributed by atoms with Gasteiger partial charge in [-0.15, -0.1) is 0 Å². The van der Waals surface area contributed by atoms with Crippen molar-refractivity contribution in [3.8, 4) is 0 Å². The van der Waals surface area contributed by atoms with Gasteiger partial charge >= 0.3 is 0 Å². The van der Waals surface area contributed by atoms with E-state index in [0.29, 0.717) is 6.04 Å². The van der Waals surface area contributed by atoms with Gasteiger partial charge in [-0.05, 0) is 31.5 Å². The summed E-state index contributed by atoms with van der Waals surface area (Å²) in [6, 6.07) is 4.98. The fraction of sp³-hybridized carbons (Fsp3) is 0.615. The number of aromatic nitrogens is 1. The molecule has 2 rings (SSSR count). The Kier molecular flexibility index (Phi) is 3.78. The van der Waals surface area contributed by atoms with Crippen LogP contribution in [0.25, 0.3) is 0 Å². The van der Waals surface area contributed by atoms with Crippen molar-refractivity contribution in [1.29, 1.82) is 0 Å². The molecule has 1 fully saturated rings. The fourth-order valence-electron chi connectivity index (χ4n) is 2.41. The van der Waals surface area contributed by atoms with Crippen LogP contribution in [0.3, 0.4) is 0 Å². The van der Waals surface area contributed by atoms with Crippen LogP contribution in [0, 0.1) is 0 Å². The highest BCUT2D eigenvalue weighted by Gasteiger charge is 2.20. The van der Waals surface area contributed by atoms with Crippen LogP contribution in [0.15, 0.2) is 18.3 Å². The normalized spacial score (nSPS) is 16.6. The average Bonchev–Trinajstić information content (AvgIpc) is 2.83. The van der Waals surface area contributed by atoms with E-state index in [1.807, 2.05) is 13.2 Å². The Morgan fingerprint density at radius 3 is 2.69 bits per heavy atom. The molecule has 1 aromatic rings. The molecular weight excluding hydrogens is 198 g/mol. The van der Waals surface area contributed by atoms with E-state index >= 15 is 0 Å². The summed E-state index contributed by atoms with van der Waals surface area (Å²) >= 11 is 0. The maximum Gasteiger partial charge on any atom is 0.128 e. The highest BCUT2D eigenvalue weighted by Crippen LogP contribution is 2.25. The lowest BCUT2D eigenvalue weighted by molar-refractivity contribution is 0.646. The maximum absolute atomic E-state index is 4.53. The molecule has 1 aliphatic rings. The van der Waals surface area contributed by atoms with Crippen molar-refractivity contribution in [3.05, 3.63) is 23.9 Å². The Balaban J connectivity index is 2.02. The van der Waals surface area contributed by atoms with E-state index in [4.69, 9.17) is 0 Å². The standard InChI is InChI=1S/C13H21N3/c1-14-9-11-7-8-13(15-10-11)16(2)12-5-3-4-6-12/h7-8,10,12,14H,3-6,9H2,1-2H3. The summed E-state index contributed by atoms with van der Waals surface area (Å²) in [6.45, 7) is 0.889. The first-order chi connectivity index (χ1) is 7.81. The summed E-state index contributed by atoms with van der Waals surface area (Å²) < 4.78 is 0. The molecule has 16 heavy (non-hydrogen) atoms. The van der Waals surface area contributed by atoms with Crippen molar-refractivity contribution >= 4 is 5.82 Å². The number of nitrogens with zero attached hydrogens (tertiary/aromatic N) is 2. The lowest BCUT2D eigenvalue weighted by Crippen LogP contribution is -2.29. The molecule has 1 aromatic heterocycles. The van der Waals surface area contributed by atoms with Crippen molar-refractivity contribution in [2.45, 2.75) is 38.3 Å². The molecule has 1 N–H and O–H groups in total. The zero-order valence-electron chi connectivity index (χ0n) is 10.2. The molecule has 0 aliphatic heterocycles. The van der Waals surface area contributed by atoms with Crippen LogP contribution in [-0.2, 0) is 6.54 Å². The van der Waals surface area contributed by atoms with Crippen LogP contribution in [-0.4, -0.2) is 25.1 Å². The van der Waals surface area contributed by atoms with E-state index < -0.39 is 0 Å². The molecule has 0 saturated heterocycles. The maximum atomic E-state index is 4.53. The SMILES string of the molecule is CNCc1ccc(N(C)C2CCCC2)nc1. The first kappa shape index (κ1) is 11.4. The summed E-state index contributed by atoms with van der Waals surface area (Å²) in [5, 5.41) is 3.13. The van der Waals surface area contributed by atoms with Crippen LogP contribution >= 0.6 is 0 Å². The smallest absolute Gasteiger partial charge is 0.128 e. The van der Waals surface area contributed by atoms with Gasteiger partial charge in [-0.2, -0.15) is 0 Å². The zero-order valence-corrected chi connectivity index (χ0v) is 10.2. The summed E-state index contributed by atoms with van der Waals surface area (Å²) in [6.07, 6.45) is 7.34. The molecule has 0 unspecified atom stereocenters. The van der Waals surface area contributed by atoms with Crippen molar-refractivity contribution < 1.29 is 0 Å². The average molecular weight is 219 g/mol. The second-order valence-electron chi connectivity index (χ2n) is 4.60. The molecule has 0 spiro atoms. The van der Waals surface area contributed by atoms with Crippen LogP contribution in [0.5, 0.6) is 0 Å². The number of anilines is 1. The fourth-order valence-corrected chi connectivity index (χ4v) is 2.41. The third-order valence-electron chi connectivity index (χ3n) is 3.42. The monoisotopic (exact) mass is 219 g/mol. The molecular formula is C13H21N3. The third-order valence-corrected chi connectivity index (χ3v) is 3.42. The molecule has 3 nitrogen and oxygen atoms in total. The van der Waals surface area contributed by atoms with Gasteiger partial charge in [0, 0.05) is 25.8 Å². The lowest BCUT2D eigenvalue weighted by Gasteiger charge is -2.25. The quantitative estimate of drug-likeness (QED) is 0.841. The molecule has 0 radical (unpaired) electrons. The number of hydrogen-bond acceptors (Lipinski definition) is 3. The molecule has 0 atom stereocenters. The minimum Gasteiger partial charge on any atom is -0.357 e. The Hall–Kier alpha value is -1.09. The van der Waals surface area contributed by atoms with Gasteiger partial charge in [-0.3, -0.25) is 0 Å². The Morgan fingerprint density at radius 2 is 2.12 bits per heavy atom. The Morgan fingerprint density at radius 1 is 1.38 bits per heavy atom. The highest BCUT2D eigenvalue weighted by atomic mass is 15.2. The van der Waals surface area contributed by atoms with Crippen molar-refractivity contribution in [2.75, 3.05) is 19.0 Å². The van der Waals surface area contributed by atoms with E-state index in [0.717, 1.165) is 12.4 Å². The molecule has 0 aromatic carbocycles. The summed E-state index contributed by atoms with van der Waals surface area (Å²) in [7, 11) is 4.12. The van der Waals surface area contributed by atoms with Crippen molar-refractivity contribution in [3.63, 3.8) is 0 Å². The van der Waals surface area contributed by atoms with Crippen LogP contribution in [0.2, 0.25) is 0 Å². The zero-order chi connectivity index (χ0) is 11.4. The molecule has 0 bridgehead atoms. The van der Waals surface area contributed by atoms with E-state index in [2.05, 4.69) is 34.4 Å². The minimum absolute atomic E-state index is 0.697. The molecule has 3 heteroatoms. The van der Waals surface area contributed by atoms with Crippen LogP contribution in [0.4, 0.5) is 5.82 Å². The predicted molar refractivity (Wildman–Crippen MR) is 67.7 cm³/mol. The topological polar surface area (TPSA) is 28.2 Å².